The van der Waals surface area contributed by atoms with Gasteiger partial charge < -0.3 is 10.2 Å². The molecule has 1 saturated heterocycles. The summed E-state index contributed by atoms with van der Waals surface area (Å²) in [6.07, 6.45) is 11.2. The molecular formula is C13H24N2O. The molecule has 1 aliphatic carbocycles. The van der Waals surface area contributed by atoms with Gasteiger partial charge in [0.15, 0.2) is 0 Å². The van der Waals surface area contributed by atoms with Crippen LogP contribution < -0.4 is 5.32 Å². The van der Waals surface area contributed by atoms with Gasteiger partial charge in [0.05, 0.1) is 0 Å². The quantitative estimate of drug-likeness (QED) is 0.729. The highest BCUT2D eigenvalue weighted by molar-refractivity contribution is 5.74. The van der Waals surface area contributed by atoms with Crippen molar-refractivity contribution in [2.24, 2.45) is 0 Å². The van der Waals surface area contributed by atoms with Crippen LogP contribution in [0.5, 0.6) is 0 Å². The third-order valence-corrected chi connectivity index (χ3v) is 3.83. The van der Waals surface area contributed by atoms with E-state index in [9.17, 15) is 4.79 Å². The fourth-order valence-corrected chi connectivity index (χ4v) is 2.79. The largest absolute Gasteiger partial charge is 0.335 e. The molecular weight excluding hydrogens is 200 g/mol. The molecule has 92 valence electrons. The highest BCUT2D eigenvalue weighted by Gasteiger charge is 2.20. The molecule has 3 heteroatoms. The summed E-state index contributed by atoms with van der Waals surface area (Å²) in [7, 11) is 0. The molecule has 0 unspecified atom stereocenters. The molecule has 0 spiro atoms. The lowest BCUT2D eigenvalue weighted by Crippen LogP contribution is -2.45. The summed E-state index contributed by atoms with van der Waals surface area (Å²) in [4.78, 5) is 14.1. The zero-order chi connectivity index (χ0) is 11.2. The van der Waals surface area contributed by atoms with E-state index in [0.29, 0.717) is 6.04 Å². The van der Waals surface area contributed by atoms with Gasteiger partial charge in [-0.3, -0.25) is 0 Å². The minimum absolute atomic E-state index is 0.189. The molecule has 2 amide bonds. The Hall–Kier alpha value is -0.730. The van der Waals surface area contributed by atoms with E-state index in [-0.39, 0.29) is 6.03 Å². The first-order chi connectivity index (χ1) is 7.86. The van der Waals surface area contributed by atoms with Gasteiger partial charge >= 0.3 is 6.03 Å². The lowest BCUT2D eigenvalue weighted by molar-refractivity contribution is 0.188. The van der Waals surface area contributed by atoms with Gasteiger partial charge in [-0.25, -0.2) is 4.79 Å². The van der Waals surface area contributed by atoms with E-state index in [1.165, 1.54) is 57.8 Å². The average molecular weight is 224 g/mol. The molecule has 1 saturated carbocycles. The van der Waals surface area contributed by atoms with Crippen molar-refractivity contribution in [2.75, 3.05) is 13.1 Å². The summed E-state index contributed by atoms with van der Waals surface area (Å²) in [5, 5.41) is 3.18. The van der Waals surface area contributed by atoms with Crippen molar-refractivity contribution in [3.63, 3.8) is 0 Å². The molecule has 0 aromatic rings. The number of urea groups is 1. The normalized spacial score (nSPS) is 23.9. The van der Waals surface area contributed by atoms with E-state index in [1.54, 1.807) is 0 Å². The molecule has 3 nitrogen and oxygen atoms in total. The second-order valence-electron chi connectivity index (χ2n) is 5.19. The summed E-state index contributed by atoms with van der Waals surface area (Å²) < 4.78 is 0. The molecule has 0 aromatic heterocycles. The second-order valence-corrected chi connectivity index (χ2v) is 5.19. The Labute approximate surface area is 98.6 Å². The van der Waals surface area contributed by atoms with Gasteiger partial charge in [-0.05, 0) is 25.7 Å². The summed E-state index contributed by atoms with van der Waals surface area (Å²) in [5.74, 6) is 0. The SMILES string of the molecule is O=C(NC1CCCC1)N1CCCCCCC1. The molecule has 0 radical (unpaired) electrons. The Kier molecular flexibility index (Phi) is 4.49. The summed E-state index contributed by atoms with van der Waals surface area (Å²) in [5.41, 5.74) is 0. The van der Waals surface area contributed by atoms with Crippen molar-refractivity contribution in [3.05, 3.63) is 0 Å². The predicted molar refractivity (Wildman–Crippen MR) is 65.4 cm³/mol. The minimum atomic E-state index is 0.189. The zero-order valence-corrected chi connectivity index (χ0v) is 10.2. The first kappa shape index (κ1) is 11.7. The van der Waals surface area contributed by atoms with Crippen molar-refractivity contribution in [1.29, 1.82) is 0 Å². The van der Waals surface area contributed by atoms with Gasteiger partial charge in [-0.15, -0.1) is 0 Å². The maximum atomic E-state index is 12.0. The lowest BCUT2D eigenvalue weighted by Gasteiger charge is -2.26. The average Bonchev–Trinajstić information content (AvgIpc) is 2.69. The van der Waals surface area contributed by atoms with Gasteiger partial charge in [0.2, 0.25) is 0 Å². The highest BCUT2D eigenvalue weighted by atomic mass is 16.2. The van der Waals surface area contributed by atoms with Crippen molar-refractivity contribution in [1.82, 2.24) is 10.2 Å². The first-order valence-corrected chi connectivity index (χ1v) is 6.92. The topological polar surface area (TPSA) is 32.3 Å². The number of likely N-dealkylation sites (tertiary alicyclic amines) is 1. The van der Waals surface area contributed by atoms with E-state index in [1.807, 2.05) is 4.90 Å². The Morgan fingerprint density at radius 1 is 0.875 bits per heavy atom. The molecule has 1 aliphatic heterocycles. The van der Waals surface area contributed by atoms with Crippen molar-refractivity contribution >= 4 is 6.03 Å². The van der Waals surface area contributed by atoms with E-state index in [2.05, 4.69) is 5.32 Å². The van der Waals surface area contributed by atoms with Gasteiger partial charge in [-0.2, -0.15) is 0 Å². The summed E-state index contributed by atoms with van der Waals surface area (Å²) in [6, 6.07) is 0.645. The summed E-state index contributed by atoms with van der Waals surface area (Å²) >= 11 is 0. The second kappa shape index (κ2) is 6.12. The maximum absolute atomic E-state index is 12.0. The predicted octanol–water partition coefficient (Wildman–Crippen LogP) is 2.90. The number of hydrogen-bond donors (Lipinski definition) is 1. The molecule has 2 fully saturated rings. The number of amides is 2. The Bertz CT molecular complexity index is 216. The van der Waals surface area contributed by atoms with Crippen molar-refractivity contribution in [2.45, 2.75) is 63.8 Å². The smallest absolute Gasteiger partial charge is 0.317 e. The van der Waals surface area contributed by atoms with Gasteiger partial charge in [0.1, 0.15) is 0 Å². The molecule has 2 aliphatic rings. The molecule has 0 bridgehead atoms. The minimum Gasteiger partial charge on any atom is -0.335 e. The van der Waals surface area contributed by atoms with Crippen LogP contribution in [0, 0.1) is 0 Å². The molecule has 1 heterocycles. The number of rotatable bonds is 1. The van der Waals surface area contributed by atoms with E-state index in [0.717, 1.165) is 13.1 Å². The van der Waals surface area contributed by atoms with Gasteiger partial charge in [0.25, 0.3) is 0 Å². The van der Waals surface area contributed by atoms with Crippen LogP contribution >= 0.6 is 0 Å². The number of nitrogens with zero attached hydrogens (tertiary/aromatic N) is 1. The number of carbonyl (C=O) groups is 1. The number of carbonyl (C=O) groups excluding carboxylic acids is 1. The monoisotopic (exact) mass is 224 g/mol. The standard InChI is InChI=1S/C13H24N2O/c16-13(14-12-8-4-5-9-12)15-10-6-2-1-3-7-11-15/h12H,1-11H2,(H,14,16). The third-order valence-electron chi connectivity index (χ3n) is 3.83. The molecule has 0 atom stereocenters. The Morgan fingerprint density at radius 3 is 2.06 bits per heavy atom. The number of nitrogens with one attached hydrogen (secondary N) is 1. The van der Waals surface area contributed by atoms with E-state index < -0.39 is 0 Å². The van der Waals surface area contributed by atoms with Crippen LogP contribution in [-0.2, 0) is 0 Å². The van der Waals surface area contributed by atoms with Crippen LogP contribution in [0.15, 0.2) is 0 Å². The Morgan fingerprint density at radius 2 is 1.44 bits per heavy atom. The number of hydrogen-bond acceptors (Lipinski definition) is 1. The van der Waals surface area contributed by atoms with Crippen molar-refractivity contribution < 1.29 is 4.79 Å². The van der Waals surface area contributed by atoms with Crippen molar-refractivity contribution in [3.8, 4) is 0 Å². The fraction of sp³-hybridized carbons (Fsp3) is 0.923. The van der Waals surface area contributed by atoms with Crippen LogP contribution in [0.1, 0.15) is 57.8 Å². The van der Waals surface area contributed by atoms with Gasteiger partial charge in [0, 0.05) is 19.1 Å². The van der Waals surface area contributed by atoms with E-state index in [4.69, 9.17) is 0 Å². The first-order valence-electron chi connectivity index (χ1n) is 6.92. The van der Waals surface area contributed by atoms with Crippen LogP contribution in [0.3, 0.4) is 0 Å². The lowest BCUT2D eigenvalue weighted by atomic mass is 10.1. The highest BCUT2D eigenvalue weighted by Crippen LogP contribution is 2.18. The molecule has 16 heavy (non-hydrogen) atoms. The van der Waals surface area contributed by atoms with Gasteiger partial charge in [-0.1, -0.05) is 32.1 Å². The van der Waals surface area contributed by atoms with Crippen LogP contribution in [0.25, 0.3) is 0 Å². The fourth-order valence-electron chi connectivity index (χ4n) is 2.79. The molecule has 2 rings (SSSR count). The summed E-state index contributed by atoms with van der Waals surface area (Å²) in [6.45, 7) is 1.91. The third kappa shape index (κ3) is 3.39. The maximum Gasteiger partial charge on any atom is 0.317 e. The zero-order valence-electron chi connectivity index (χ0n) is 10.2. The van der Waals surface area contributed by atoms with Crippen LogP contribution in [0.2, 0.25) is 0 Å². The molecule has 0 aromatic carbocycles. The van der Waals surface area contributed by atoms with Crippen LogP contribution in [-0.4, -0.2) is 30.1 Å². The Balaban J connectivity index is 1.76. The van der Waals surface area contributed by atoms with E-state index >= 15 is 0 Å². The van der Waals surface area contributed by atoms with Crippen LogP contribution in [0.4, 0.5) is 4.79 Å². The molecule has 1 N–H and O–H groups in total.